The summed E-state index contributed by atoms with van der Waals surface area (Å²) in [5.41, 5.74) is 3.11. The van der Waals surface area contributed by atoms with Gasteiger partial charge in [-0.15, -0.1) is 0 Å². The van der Waals surface area contributed by atoms with Gasteiger partial charge in [0.2, 0.25) is 0 Å². The molecule has 0 saturated carbocycles. The number of anilines is 2. The third-order valence-corrected chi connectivity index (χ3v) is 6.42. The fraction of sp³-hybridized carbons (Fsp3) is 0.346. The fourth-order valence-corrected chi connectivity index (χ4v) is 4.35. The second kappa shape index (κ2) is 10.6. The number of rotatable bonds is 7. The van der Waals surface area contributed by atoms with Crippen molar-refractivity contribution in [1.29, 1.82) is 0 Å². The van der Waals surface area contributed by atoms with Crippen LogP contribution in [0.4, 0.5) is 17.1 Å². The van der Waals surface area contributed by atoms with E-state index in [0.717, 1.165) is 37.3 Å². The number of nitrogens with zero attached hydrogens (tertiary/aromatic N) is 4. The van der Waals surface area contributed by atoms with E-state index >= 15 is 0 Å². The molecule has 0 spiro atoms. The SMILES string of the molecule is Cc1nn(-c2ccccc2)c(C)c1NC(=O)COC(=O)c1ccc(N2CCC(C)CC2)c([N+](=O)[O-])c1. The number of esters is 1. The molecule has 3 aromatic rings. The van der Waals surface area contributed by atoms with Crippen molar-refractivity contribution >= 4 is 28.9 Å². The molecular formula is C26H29N5O5. The molecule has 0 bridgehead atoms. The fourth-order valence-electron chi connectivity index (χ4n) is 4.35. The molecule has 0 aliphatic carbocycles. The molecule has 1 aliphatic rings. The van der Waals surface area contributed by atoms with Gasteiger partial charge in [0.05, 0.1) is 33.2 Å². The van der Waals surface area contributed by atoms with Gasteiger partial charge < -0.3 is 15.0 Å². The molecule has 1 N–H and O–H groups in total. The van der Waals surface area contributed by atoms with Gasteiger partial charge in [-0.25, -0.2) is 9.48 Å². The molecule has 0 radical (unpaired) electrons. The van der Waals surface area contributed by atoms with Crippen molar-refractivity contribution in [3.8, 4) is 5.69 Å². The highest BCUT2D eigenvalue weighted by Crippen LogP contribution is 2.32. The Morgan fingerprint density at radius 2 is 1.83 bits per heavy atom. The molecule has 2 aromatic carbocycles. The van der Waals surface area contributed by atoms with E-state index in [0.29, 0.717) is 23.0 Å². The number of carbonyl (C=O) groups excluding carboxylic acids is 2. The number of piperidine rings is 1. The Hall–Kier alpha value is -4.21. The summed E-state index contributed by atoms with van der Waals surface area (Å²) in [5.74, 6) is -0.753. The number of para-hydroxylation sites is 1. The smallest absolute Gasteiger partial charge is 0.338 e. The predicted molar refractivity (Wildman–Crippen MR) is 136 cm³/mol. The third-order valence-electron chi connectivity index (χ3n) is 6.42. The first-order valence-electron chi connectivity index (χ1n) is 11.9. The van der Waals surface area contributed by atoms with Crippen molar-refractivity contribution < 1.29 is 19.2 Å². The summed E-state index contributed by atoms with van der Waals surface area (Å²) < 4.78 is 6.88. The average Bonchev–Trinajstić information content (AvgIpc) is 3.16. The van der Waals surface area contributed by atoms with Crippen molar-refractivity contribution in [3.05, 3.63) is 75.6 Å². The van der Waals surface area contributed by atoms with Gasteiger partial charge in [-0.2, -0.15) is 5.10 Å². The van der Waals surface area contributed by atoms with Crippen LogP contribution in [0.25, 0.3) is 5.69 Å². The normalized spacial score (nSPS) is 13.9. The lowest BCUT2D eigenvalue weighted by Gasteiger charge is -2.31. The van der Waals surface area contributed by atoms with Gasteiger partial charge in [0.25, 0.3) is 11.6 Å². The predicted octanol–water partition coefficient (Wildman–Crippen LogP) is 4.43. The summed E-state index contributed by atoms with van der Waals surface area (Å²) in [6, 6.07) is 13.8. The summed E-state index contributed by atoms with van der Waals surface area (Å²) in [7, 11) is 0. The van der Waals surface area contributed by atoms with Crippen LogP contribution in [-0.2, 0) is 9.53 Å². The standard InChI is InChI=1S/C26H29N5O5/c1-17-11-13-29(14-12-17)22-10-9-20(15-23(22)31(34)35)26(33)36-16-24(32)27-25-18(2)28-30(19(25)3)21-7-5-4-6-8-21/h4-10,15,17H,11-14,16H2,1-3H3,(H,27,32). The molecule has 2 heterocycles. The second-order valence-electron chi connectivity index (χ2n) is 9.05. The molecule has 0 atom stereocenters. The number of hydrogen-bond donors (Lipinski definition) is 1. The number of aryl methyl sites for hydroxylation is 1. The van der Waals surface area contributed by atoms with Crippen LogP contribution >= 0.6 is 0 Å². The van der Waals surface area contributed by atoms with Crippen LogP contribution in [0.5, 0.6) is 0 Å². The van der Waals surface area contributed by atoms with Crippen LogP contribution in [0.1, 0.15) is 41.5 Å². The molecule has 188 valence electrons. The Labute approximate surface area is 209 Å². The van der Waals surface area contributed by atoms with Gasteiger partial charge in [0, 0.05) is 19.2 Å². The van der Waals surface area contributed by atoms with E-state index < -0.39 is 23.4 Å². The van der Waals surface area contributed by atoms with Crippen molar-refractivity contribution in [3.63, 3.8) is 0 Å². The van der Waals surface area contributed by atoms with Crippen LogP contribution in [0.2, 0.25) is 0 Å². The minimum atomic E-state index is -0.805. The molecule has 1 aromatic heterocycles. The molecule has 36 heavy (non-hydrogen) atoms. The Balaban J connectivity index is 1.41. The largest absolute Gasteiger partial charge is 0.452 e. The van der Waals surface area contributed by atoms with Crippen LogP contribution in [0, 0.1) is 29.9 Å². The monoisotopic (exact) mass is 491 g/mol. The third kappa shape index (κ3) is 5.37. The van der Waals surface area contributed by atoms with E-state index in [4.69, 9.17) is 4.74 Å². The molecule has 1 amide bonds. The molecule has 1 fully saturated rings. The molecule has 1 aliphatic heterocycles. The number of ether oxygens (including phenoxy) is 1. The number of nitro benzene ring substituents is 1. The number of carbonyl (C=O) groups is 2. The van der Waals surface area contributed by atoms with E-state index in [-0.39, 0.29) is 11.3 Å². The number of amides is 1. The van der Waals surface area contributed by atoms with Crippen molar-refractivity contribution in [2.24, 2.45) is 5.92 Å². The van der Waals surface area contributed by atoms with Gasteiger partial charge in [-0.1, -0.05) is 25.1 Å². The van der Waals surface area contributed by atoms with Crippen LogP contribution < -0.4 is 10.2 Å². The maximum absolute atomic E-state index is 12.6. The number of aromatic nitrogens is 2. The number of nitro groups is 1. The topological polar surface area (TPSA) is 120 Å². The number of benzene rings is 2. The van der Waals surface area contributed by atoms with E-state index in [2.05, 4.69) is 17.3 Å². The van der Waals surface area contributed by atoms with E-state index in [1.165, 1.54) is 12.1 Å². The lowest BCUT2D eigenvalue weighted by molar-refractivity contribution is -0.384. The first-order valence-corrected chi connectivity index (χ1v) is 11.9. The summed E-state index contributed by atoms with van der Waals surface area (Å²) in [4.78, 5) is 38.3. The van der Waals surface area contributed by atoms with Crippen LogP contribution in [0.3, 0.4) is 0 Å². The van der Waals surface area contributed by atoms with E-state index in [1.807, 2.05) is 42.2 Å². The van der Waals surface area contributed by atoms with Crippen LogP contribution in [-0.4, -0.2) is 46.3 Å². The van der Waals surface area contributed by atoms with Crippen molar-refractivity contribution in [2.75, 3.05) is 29.9 Å². The first kappa shape index (κ1) is 24.9. The quantitative estimate of drug-likeness (QED) is 0.295. The molecule has 0 unspecified atom stereocenters. The lowest BCUT2D eigenvalue weighted by Crippen LogP contribution is -2.33. The highest BCUT2D eigenvalue weighted by molar-refractivity contribution is 5.96. The zero-order chi connectivity index (χ0) is 25.8. The van der Waals surface area contributed by atoms with Gasteiger partial charge in [-0.3, -0.25) is 14.9 Å². The molecule has 4 rings (SSSR count). The Morgan fingerprint density at radius 3 is 2.50 bits per heavy atom. The Kier molecular flexibility index (Phi) is 7.33. The highest BCUT2D eigenvalue weighted by atomic mass is 16.6. The van der Waals surface area contributed by atoms with Gasteiger partial charge in [-0.05, 0) is 56.9 Å². The summed E-state index contributed by atoms with van der Waals surface area (Å²) in [6.45, 7) is 6.69. The van der Waals surface area contributed by atoms with Gasteiger partial charge in [0.15, 0.2) is 6.61 Å². The Bertz CT molecular complexity index is 1280. The second-order valence-corrected chi connectivity index (χ2v) is 9.05. The van der Waals surface area contributed by atoms with Gasteiger partial charge in [0.1, 0.15) is 5.69 Å². The van der Waals surface area contributed by atoms with Crippen LogP contribution in [0.15, 0.2) is 48.5 Å². The molecule has 10 heteroatoms. The summed E-state index contributed by atoms with van der Waals surface area (Å²) >= 11 is 0. The molecule has 10 nitrogen and oxygen atoms in total. The lowest BCUT2D eigenvalue weighted by atomic mass is 9.98. The van der Waals surface area contributed by atoms with Gasteiger partial charge >= 0.3 is 5.97 Å². The average molecular weight is 492 g/mol. The first-order chi connectivity index (χ1) is 17.2. The zero-order valence-corrected chi connectivity index (χ0v) is 20.6. The minimum Gasteiger partial charge on any atom is -0.452 e. The Morgan fingerprint density at radius 1 is 1.14 bits per heavy atom. The highest BCUT2D eigenvalue weighted by Gasteiger charge is 2.25. The van der Waals surface area contributed by atoms with E-state index in [1.54, 1.807) is 17.7 Å². The number of nitrogens with one attached hydrogen (secondary N) is 1. The molecular weight excluding hydrogens is 462 g/mol. The maximum Gasteiger partial charge on any atom is 0.338 e. The van der Waals surface area contributed by atoms with Crippen molar-refractivity contribution in [2.45, 2.75) is 33.6 Å². The maximum atomic E-state index is 12.6. The number of hydrogen-bond acceptors (Lipinski definition) is 7. The summed E-state index contributed by atoms with van der Waals surface area (Å²) in [6.07, 6.45) is 1.92. The molecule has 1 saturated heterocycles. The summed E-state index contributed by atoms with van der Waals surface area (Å²) in [5, 5.41) is 18.9. The van der Waals surface area contributed by atoms with Crippen molar-refractivity contribution in [1.82, 2.24) is 9.78 Å². The minimum absolute atomic E-state index is 0.0212. The van der Waals surface area contributed by atoms with E-state index in [9.17, 15) is 19.7 Å². The zero-order valence-electron chi connectivity index (χ0n) is 20.6.